The molecule has 0 bridgehead atoms. The van der Waals surface area contributed by atoms with E-state index < -0.39 is 18.3 Å². The Balaban J connectivity index is 2.24. The van der Waals surface area contributed by atoms with E-state index in [0.717, 1.165) is 5.46 Å². The molecule has 114 valence electrons. The van der Waals surface area contributed by atoms with Crippen molar-refractivity contribution >= 4 is 18.6 Å². The molecule has 1 aliphatic rings. The number of pyridine rings is 1. The summed E-state index contributed by atoms with van der Waals surface area (Å²) in [5.41, 5.74) is 0.572. The molecule has 0 saturated carbocycles. The smallest absolute Gasteiger partial charge is 0.466 e. The molecule has 1 aromatic rings. The Morgan fingerprint density at radius 3 is 2.48 bits per heavy atom. The maximum absolute atomic E-state index is 11.7. The third-order valence-corrected chi connectivity index (χ3v) is 4.05. The van der Waals surface area contributed by atoms with Crippen LogP contribution in [0.3, 0.4) is 0 Å². The standard InChI is InChI=1S/C15H22BNO4/c1-6-19-13(18)10-12-11(8-7-9-17-12)16-20-14(2,3)15(4,5)21-16/h7-9H,6,10H2,1-5H3. The molecule has 0 N–H and O–H groups in total. The van der Waals surface area contributed by atoms with Crippen LogP contribution in [0.25, 0.3) is 0 Å². The molecule has 0 spiro atoms. The second-order valence-corrected chi connectivity index (χ2v) is 6.11. The number of nitrogens with zero attached hydrogens (tertiary/aromatic N) is 1. The summed E-state index contributed by atoms with van der Waals surface area (Å²) in [4.78, 5) is 16.0. The fourth-order valence-electron chi connectivity index (χ4n) is 2.13. The van der Waals surface area contributed by atoms with Crippen LogP contribution in [0.1, 0.15) is 40.3 Å². The van der Waals surface area contributed by atoms with Gasteiger partial charge in [0.25, 0.3) is 0 Å². The number of aromatic nitrogens is 1. The summed E-state index contributed by atoms with van der Waals surface area (Å²) >= 11 is 0. The van der Waals surface area contributed by atoms with Crippen molar-refractivity contribution in [2.75, 3.05) is 6.61 Å². The molecule has 5 nitrogen and oxygen atoms in total. The third-order valence-electron chi connectivity index (χ3n) is 4.05. The minimum absolute atomic E-state index is 0.119. The Morgan fingerprint density at radius 1 is 1.29 bits per heavy atom. The minimum Gasteiger partial charge on any atom is -0.466 e. The molecule has 0 aromatic carbocycles. The largest absolute Gasteiger partial charge is 0.496 e. The second-order valence-electron chi connectivity index (χ2n) is 6.11. The molecule has 6 heteroatoms. The molecule has 0 atom stereocenters. The Hall–Kier alpha value is -1.40. The Bertz CT molecular complexity index is 514. The van der Waals surface area contributed by atoms with E-state index in [1.807, 2.05) is 39.8 Å². The lowest BCUT2D eigenvalue weighted by atomic mass is 9.77. The van der Waals surface area contributed by atoms with Gasteiger partial charge in [-0.2, -0.15) is 0 Å². The molecule has 1 fully saturated rings. The van der Waals surface area contributed by atoms with Gasteiger partial charge in [0, 0.05) is 11.7 Å². The van der Waals surface area contributed by atoms with Crippen molar-refractivity contribution in [2.45, 2.75) is 52.2 Å². The normalized spacial score (nSPS) is 19.6. The molecule has 2 rings (SSSR count). The van der Waals surface area contributed by atoms with Gasteiger partial charge in [-0.25, -0.2) is 0 Å². The van der Waals surface area contributed by atoms with Crippen molar-refractivity contribution < 1.29 is 18.8 Å². The third kappa shape index (κ3) is 3.27. The van der Waals surface area contributed by atoms with E-state index in [0.29, 0.717) is 12.3 Å². The highest BCUT2D eigenvalue weighted by molar-refractivity contribution is 6.62. The van der Waals surface area contributed by atoms with Crippen molar-refractivity contribution in [2.24, 2.45) is 0 Å². The van der Waals surface area contributed by atoms with Crippen molar-refractivity contribution in [3.05, 3.63) is 24.0 Å². The quantitative estimate of drug-likeness (QED) is 0.621. The first-order chi connectivity index (χ1) is 9.77. The zero-order valence-corrected chi connectivity index (χ0v) is 13.3. The van der Waals surface area contributed by atoms with Gasteiger partial charge >= 0.3 is 13.1 Å². The molecular weight excluding hydrogens is 269 g/mol. The summed E-state index contributed by atoms with van der Waals surface area (Å²) in [7, 11) is -0.520. The number of carbonyl (C=O) groups excluding carboxylic acids is 1. The molecule has 1 aliphatic heterocycles. The lowest BCUT2D eigenvalue weighted by molar-refractivity contribution is -0.142. The molecule has 1 saturated heterocycles. The van der Waals surface area contributed by atoms with Gasteiger partial charge in [0.15, 0.2) is 0 Å². The topological polar surface area (TPSA) is 57.7 Å². The van der Waals surface area contributed by atoms with E-state index in [-0.39, 0.29) is 12.4 Å². The highest BCUT2D eigenvalue weighted by Crippen LogP contribution is 2.36. The van der Waals surface area contributed by atoms with Crippen molar-refractivity contribution in [1.82, 2.24) is 4.98 Å². The molecule has 2 heterocycles. The molecule has 0 unspecified atom stereocenters. The Morgan fingerprint density at radius 2 is 1.90 bits per heavy atom. The maximum Gasteiger partial charge on any atom is 0.496 e. The zero-order chi connectivity index (χ0) is 15.7. The van der Waals surface area contributed by atoms with Crippen LogP contribution in [0.2, 0.25) is 0 Å². The van der Waals surface area contributed by atoms with Crippen LogP contribution in [0.4, 0.5) is 0 Å². The second kappa shape index (κ2) is 5.77. The zero-order valence-electron chi connectivity index (χ0n) is 13.3. The van der Waals surface area contributed by atoms with Gasteiger partial charge in [0.05, 0.1) is 29.9 Å². The fourth-order valence-corrected chi connectivity index (χ4v) is 2.13. The van der Waals surface area contributed by atoms with Crippen LogP contribution in [0.15, 0.2) is 18.3 Å². The molecule has 0 aliphatic carbocycles. The molecule has 0 amide bonds. The van der Waals surface area contributed by atoms with Crippen LogP contribution in [-0.4, -0.2) is 35.9 Å². The van der Waals surface area contributed by atoms with Crippen LogP contribution >= 0.6 is 0 Å². The first-order valence-corrected chi connectivity index (χ1v) is 7.22. The van der Waals surface area contributed by atoms with Crippen molar-refractivity contribution in [3.8, 4) is 0 Å². The van der Waals surface area contributed by atoms with Gasteiger partial charge in [-0.3, -0.25) is 9.78 Å². The summed E-state index contributed by atoms with van der Waals surface area (Å²) < 4.78 is 17.0. The average Bonchev–Trinajstić information content (AvgIpc) is 2.59. The van der Waals surface area contributed by atoms with Crippen LogP contribution in [0, 0.1) is 0 Å². The van der Waals surface area contributed by atoms with Crippen LogP contribution in [0.5, 0.6) is 0 Å². The van der Waals surface area contributed by atoms with E-state index in [1.165, 1.54) is 0 Å². The summed E-state index contributed by atoms with van der Waals surface area (Å²) in [6.07, 6.45) is 1.78. The number of rotatable bonds is 4. The summed E-state index contributed by atoms with van der Waals surface area (Å²) in [5.74, 6) is -0.297. The summed E-state index contributed by atoms with van der Waals surface area (Å²) in [5, 5.41) is 0. The summed E-state index contributed by atoms with van der Waals surface area (Å²) in [6.45, 7) is 10.1. The van der Waals surface area contributed by atoms with Gasteiger partial charge < -0.3 is 14.0 Å². The van der Waals surface area contributed by atoms with E-state index >= 15 is 0 Å². The number of ether oxygens (including phenoxy) is 1. The van der Waals surface area contributed by atoms with Crippen LogP contribution < -0.4 is 5.46 Å². The molecule has 1 aromatic heterocycles. The van der Waals surface area contributed by atoms with Gasteiger partial charge in [0.1, 0.15) is 0 Å². The fraction of sp³-hybridized carbons (Fsp3) is 0.600. The number of hydrogen-bond acceptors (Lipinski definition) is 5. The number of hydrogen-bond donors (Lipinski definition) is 0. The van der Waals surface area contributed by atoms with E-state index in [1.54, 1.807) is 13.1 Å². The van der Waals surface area contributed by atoms with Crippen molar-refractivity contribution in [1.29, 1.82) is 0 Å². The van der Waals surface area contributed by atoms with E-state index in [2.05, 4.69) is 4.98 Å². The minimum atomic E-state index is -0.520. The summed E-state index contributed by atoms with van der Waals surface area (Å²) in [6, 6.07) is 3.69. The van der Waals surface area contributed by atoms with E-state index in [4.69, 9.17) is 14.0 Å². The Labute approximate surface area is 126 Å². The number of carbonyl (C=O) groups is 1. The number of esters is 1. The molecule has 21 heavy (non-hydrogen) atoms. The van der Waals surface area contributed by atoms with Crippen molar-refractivity contribution in [3.63, 3.8) is 0 Å². The Kier molecular flexibility index (Phi) is 4.39. The predicted octanol–water partition coefficient (Wildman–Crippen LogP) is 1.49. The SMILES string of the molecule is CCOC(=O)Cc1ncccc1B1OC(C)(C)C(C)(C)O1. The van der Waals surface area contributed by atoms with Gasteiger partial charge in [-0.05, 0) is 40.7 Å². The lowest BCUT2D eigenvalue weighted by Crippen LogP contribution is -2.41. The first-order valence-electron chi connectivity index (χ1n) is 7.22. The predicted molar refractivity (Wildman–Crippen MR) is 80.3 cm³/mol. The highest BCUT2D eigenvalue weighted by atomic mass is 16.7. The molecule has 0 radical (unpaired) electrons. The monoisotopic (exact) mass is 291 g/mol. The van der Waals surface area contributed by atoms with Crippen LogP contribution in [-0.2, 0) is 25.3 Å². The van der Waals surface area contributed by atoms with Gasteiger partial charge in [-0.15, -0.1) is 0 Å². The first kappa shape index (κ1) is 16.0. The average molecular weight is 291 g/mol. The highest BCUT2D eigenvalue weighted by Gasteiger charge is 2.52. The van der Waals surface area contributed by atoms with Gasteiger partial charge in [-0.1, -0.05) is 6.07 Å². The van der Waals surface area contributed by atoms with Gasteiger partial charge in [0.2, 0.25) is 0 Å². The lowest BCUT2D eigenvalue weighted by Gasteiger charge is -2.32. The molecular formula is C15H22BNO4. The maximum atomic E-state index is 11.7. The van der Waals surface area contributed by atoms with E-state index in [9.17, 15) is 4.79 Å².